The Kier molecular flexibility index (Phi) is 6.22. The van der Waals surface area contributed by atoms with Crippen LogP contribution in [-0.4, -0.2) is 45.1 Å². The molecule has 1 heterocycles. The molecule has 1 aromatic rings. The zero-order chi connectivity index (χ0) is 15.6. The van der Waals surface area contributed by atoms with Crippen LogP contribution in [0.25, 0.3) is 0 Å². The normalized spacial score (nSPS) is 18.0. The van der Waals surface area contributed by atoms with E-state index in [0.29, 0.717) is 36.8 Å². The predicted molar refractivity (Wildman–Crippen MR) is 90.0 cm³/mol. The molecular weight excluding hydrogens is 326 g/mol. The summed E-state index contributed by atoms with van der Waals surface area (Å²) in [5, 5.41) is 0. The molecule has 0 spiro atoms. The molecule has 8 heteroatoms. The summed E-state index contributed by atoms with van der Waals surface area (Å²) in [6.07, 6.45) is 1.96. The summed E-state index contributed by atoms with van der Waals surface area (Å²) in [7, 11) is -3.43. The van der Waals surface area contributed by atoms with E-state index in [4.69, 9.17) is 5.73 Å². The minimum atomic E-state index is -3.43. The Bertz CT molecular complexity index is 649. The van der Waals surface area contributed by atoms with Crippen molar-refractivity contribution in [1.29, 1.82) is 0 Å². The van der Waals surface area contributed by atoms with Gasteiger partial charge in [0.25, 0.3) is 5.91 Å². The van der Waals surface area contributed by atoms with Crippen LogP contribution < -0.4 is 10.5 Å². The highest BCUT2D eigenvalue weighted by atomic mass is 35.5. The fourth-order valence-electron chi connectivity index (χ4n) is 2.50. The number of rotatable bonds is 4. The average Bonchev–Trinajstić information content (AvgIpc) is 2.87. The maximum absolute atomic E-state index is 12.6. The van der Waals surface area contributed by atoms with Crippen molar-refractivity contribution in [3.63, 3.8) is 0 Å². The van der Waals surface area contributed by atoms with E-state index in [1.54, 1.807) is 23.1 Å². The molecule has 1 fully saturated rings. The fourth-order valence-corrected chi connectivity index (χ4v) is 3.08. The van der Waals surface area contributed by atoms with E-state index in [-0.39, 0.29) is 18.3 Å². The van der Waals surface area contributed by atoms with Gasteiger partial charge in [-0.2, -0.15) is 0 Å². The van der Waals surface area contributed by atoms with Crippen molar-refractivity contribution < 1.29 is 13.2 Å². The van der Waals surface area contributed by atoms with E-state index in [1.165, 1.54) is 0 Å². The zero-order valence-electron chi connectivity index (χ0n) is 12.7. The molecular formula is C14H22ClN3O3S. The van der Waals surface area contributed by atoms with Crippen LogP contribution >= 0.6 is 12.4 Å². The summed E-state index contributed by atoms with van der Waals surface area (Å²) in [6, 6.07) is 5.11. The summed E-state index contributed by atoms with van der Waals surface area (Å²) >= 11 is 0. The third-order valence-corrected chi connectivity index (χ3v) is 4.20. The van der Waals surface area contributed by atoms with Crippen LogP contribution in [-0.2, 0) is 10.0 Å². The van der Waals surface area contributed by atoms with Gasteiger partial charge in [0, 0.05) is 13.1 Å². The van der Waals surface area contributed by atoms with Crippen LogP contribution in [0.4, 0.5) is 5.69 Å². The number of likely N-dealkylation sites (tertiary alicyclic amines) is 1. The first kappa shape index (κ1) is 18.7. The number of aryl methyl sites for hydroxylation is 1. The molecule has 1 amide bonds. The quantitative estimate of drug-likeness (QED) is 0.856. The number of nitrogens with one attached hydrogen (secondary N) is 1. The third kappa shape index (κ3) is 4.59. The summed E-state index contributed by atoms with van der Waals surface area (Å²) in [5.41, 5.74) is 7.26. The van der Waals surface area contributed by atoms with E-state index in [0.717, 1.165) is 18.2 Å². The molecule has 2 rings (SSSR count). The van der Waals surface area contributed by atoms with Crippen LogP contribution in [0.5, 0.6) is 0 Å². The van der Waals surface area contributed by atoms with Gasteiger partial charge in [-0.25, -0.2) is 8.42 Å². The number of halogens is 1. The van der Waals surface area contributed by atoms with Crippen LogP contribution in [0.15, 0.2) is 18.2 Å². The summed E-state index contributed by atoms with van der Waals surface area (Å²) in [6.45, 7) is 3.72. The van der Waals surface area contributed by atoms with Crippen LogP contribution in [0, 0.1) is 12.8 Å². The molecule has 0 aromatic heterocycles. The second-order valence-corrected chi connectivity index (χ2v) is 7.31. The van der Waals surface area contributed by atoms with Gasteiger partial charge in [-0.15, -0.1) is 12.4 Å². The fraction of sp³-hybridized carbons (Fsp3) is 0.500. The molecule has 1 aromatic carbocycles. The molecule has 22 heavy (non-hydrogen) atoms. The zero-order valence-corrected chi connectivity index (χ0v) is 14.3. The van der Waals surface area contributed by atoms with Gasteiger partial charge in [-0.05, 0) is 37.9 Å². The van der Waals surface area contributed by atoms with Gasteiger partial charge in [0.1, 0.15) is 0 Å². The molecule has 124 valence electrons. The molecule has 1 saturated heterocycles. The number of sulfonamides is 1. The molecule has 3 N–H and O–H groups in total. The minimum absolute atomic E-state index is 0. The molecule has 0 radical (unpaired) electrons. The number of hydrogen-bond donors (Lipinski definition) is 2. The van der Waals surface area contributed by atoms with Gasteiger partial charge in [-0.1, -0.05) is 11.6 Å². The Labute approximate surface area is 137 Å². The van der Waals surface area contributed by atoms with Crippen LogP contribution in [0.1, 0.15) is 22.3 Å². The first-order chi connectivity index (χ1) is 9.80. The Hall–Kier alpha value is -1.31. The number of carbonyl (C=O) groups is 1. The highest BCUT2D eigenvalue weighted by Crippen LogP contribution is 2.24. The van der Waals surface area contributed by atoms with E-state index in [9.17, 15) is 13.2 Å². The monoisotopic (exact) mass is 347 g/mol. The van der Waals surface area contributed by atoms with Gasteiger partial charge in [0.2, 0.25) is 10.0 Å². The minimum Gasteiger partial charge on any atom is -0.338 e. The van der Waals surface area contributed by atoms with Gasteiger partial charge in [0.15, 0.2) is 0 Å². The van der Waals surface area contributed by atoms with E-state index < -0.39 is 10.0 Å². The summed E-state index contributed by atoms with van der Waals surface area (Å²) < 4.78 is 25.3. The van der Waals surface area contributed by atoms with Crippen LogP contribution in [0.3, 0.4) is 0 Å². The van der Waals surface area contributed by atoms with Crippen molar-refractivity contribution in [1.82, 2.24) is 4.90 Å². The molecule has 0 bridgehead atoms. The molecule has 6 nitrogen and oxygen atoms in total. The number of nitrogens with two attached hydrogens (primary N) is 1. The lowest BCUT2D eigenvalue weighted by atomic mass is 10.1. The molecule has 0 saturated carbocycles. The lowest BCUT2D eigenvalue weighted by Crippen LogP contribution is -2.30. The predicted octanol–water partition coefficient (Wildman–Crippen LogP) is 1.21. The van der Waals surface area contributed by atoms with Crippen molar-refractivity contribution in [3.05, 3.63) is 29.3 Å². The van der Waals surface area contributed by atoms with Gasteiger partial charge < -0.3 is 10.6 Å². The van der Waals surface area contributed by atoms with E-state index in [1.807, 2.05) is 6.92 Å². The highest BCUT2D eigenvalue weighted by Gasteiger charge is 2.27. The maximum atomic E-state index is 12.6. The number of carbonyl (C=O) groups excluding carboxylic acids is 1. The van der Waals surface area contributed by atoms with E-state index >= 15 is 0 Å². The Morgan fingerprint density at radius 3 is 2.68 bits per heavy atom. The molecule has 1 aliphatic rings. The van der Waals surface area contributed by atoms with Crippen molar-refractivity contribution >= 4 is 34.0 Å². The standard InChI is InChI=1S/C14H21N3O3S.ClH/c1-10-3-4-13(16-21(2,19)20)12(7-10)14(18)17-6-5-11(8-15)9-17;/h3-4,7,11,16H,5-6,8-9,15H2,1-2H3;1H. The Morgan fingerprint density at radius 2 is 2.14 bits per heavy atom. The van der Waals surface area contributed by atoms with Gasteiger partial charge in [0.05, 0.1) is 17.5 Å². The van der Waals surface area contributed by atoms with Crippen molar-refractivity contribution in [2.45, 2.75) is 13.3 Å². The lowest BCUT2D eigenvalue weighted by Gasteiger charge is -2.19. The Morgan fingerprint density at radius 1 is 1.45 bits per heavy atom. The highest BCUT2D eigenvalue weighted by molar-refractivity contribution is 7.92. The third-order valence-electron chi connectivity index (χ3n) is 3.61. The van der Waals surface area contributed by atoms with Crippen molar-refractivity contribution in [2.75, 3.05) is 30.6 Å². The topological polar surface area (TPSA) is 92.5 Å². The van der Waals surface area contributed by atoms with E-state index in [2.05, 4.69) is 4.72 Å². The number of benzene rings is 1. The SMILES string of the molecule is Cc1ccc(NS(C)(=O)=O)c(C(=O)N2CCC(CN)C2)c1.Cl. The number of nitrogens with zero attached hydrogens (tertiary/aromatic N) is 1. The Balaban J connectivity index is 0.00000242. The van der Waals surface area contributed by atoms with Crippen LogP contribution in [0.2, 0.25) is 0 Å². The molecule has 0 aliphatic carbocycles. The van der Waals surface area contributed by atoms with Gasteiger partial charge in [-0.3, -0.25) is 9.52 Å². The summed E-state index contributed by atoms with van der Waals surface area (Å²) in [5.74, 6) is 0.172. The lowest BCUT2D eigenvalue weighted by molar-refractivity contribution is 0.0788. The number of hydrogen-bond acceptors (Lipinski definition) is 4. The average molecular weight is 348 g/mol. The first-order valence-electron chi connectivity index (χ1n) is 6.88. The molecule has 1 atom stereocenters. The molecule has 1 aliphatic heterocycles. The summed E-state index contributed by atoms with van der Waals surface area (Å²) in [4.78, 5) is 14.4. The molecule has 1 unspecified atom stereocenters. The number of amides is 1. The maximum Gasteiger partial charge on any atom is 0.256 e. The van der Waals surface area contributed by atoms with Crippen molar-refractivity contribution in [2.24, 2.45) is 11.7 Å². The first-order valence-corrected chi connectivity index (χ1v) is 8.77. The van der Waals surface area contributed by atoms with Crippen molar-refractivity contribution in [3.8, 4) is 0 Å². The van der Waals surface area contributed by atoms with Gasteiger partial charge >= 0.3 is 0 Å². The number of anilines is 1. The smallest absolute Gasteiger partial charge is 0.256 e. The second-order valence-electron chi connectivity index (χ2n) is 5.56. The second kappa shape index (κ2) is 7.30. The largest absolute Gasteiger partial charge is 0.338 e.